The van der Waals surface area contributed by atoms with E-state index in [1.807, 2.05) is 0 Å². The molecular weight excluding hydrogens is 319 g/mol. The van der Waals surface area contributed by atoms with Gasteiger partial charge in [-0.05, 0) is 53.2 Å². The second-order valence-electron chi connectivity index (χ2n) is 4.13. The van der Waals surface area contributed by atoms with E-state index < -0.39 is 17.7 Å². The van der Waals surface area contributed by atoms with E-state index in [0.29, 0.717) is 10.2 Å². The van der Waals surface area contributed by atoms with E-state index in [2.05, 4.69) is 21.2 Å². The highest BCUT2D eigenvalue weighted by atomic mass is 79.9. The Morgan fingerprint density at radius 2 is 1.68 bits per heavy atom. The van der Waals surface area contributed by atoms with Gasteiger partial charge in [0.1, 0.15) is 17.5 Å². The molecule has 0 bridgehead atoms. The number of rotatable bonds is 3. The van der Waals surface area contributed by atoms with Crippen molar-refractivity contribution in [2.24, 2.45) is 0 Å². The molecule has 1 unspecified atom stereocenters. The highest BCUT2D eigenvalue weighted by molar-refractivity contribution is 9.10. The van der Waals surface area contributed by atoms with Gasteiger partial charge in [-0.1, -0.05) is 6.07 Å². The molecular formula is C14H11BrF3N. The molecule has 0 saturated carbocycles. The van der Waals surface area contributed by atoms with Crippen LogP contribution in [0.25, 0.3) is 0 Å². The lowest BCUT2D eigenvalue weighted by atomic mass is 10.1. The number of nitrogens with one attached hydrogen (secondary N) is 1. The first-order valence-electron chi connectivity index (χ1n) is 5.64. The molecule has 1 nitrogen and oxygen atoms in total. The second kappa shape index (κ2) is 5.65. The number of anilines is 1. The van der Waals surface area contributed by atoms with Gasteiger partial charge in [0.25, 0.3) is 0 Å². The summed E-state index contributed by atoms with van der Waals surface area (Å²) in [6.07, 6.45) is 0. The molecule has 0 heterocycles. The van der Waals surface area contributed by atoms with Crippen LogP contribution in [0.15, 0.2) is 40.9 Å². The third-order valence-electron chi connectivity index (χ3n) is 2.74. The van der Waals surface area contributed by atoms with Crippen molar-refractivity contribution in [2.45, 2.75) is 13.0 Å². The van der Waals surface area contributed by atoms with Crippen LogP contribution >= 0.6 is 15.9 Å². The maximum Gasteiger partial charge on any atom is 0.131 e. The molecule has 0 aliphatic rings. The molecule has 2 rings (SSSR count). The van der Waals surface area contributed by atoms with Crippen molar-refractivity contribution in [3.8, 4) is 0 Å². The van der Waals surface area contributed by atoms with E-state index in [0.717, 1.165) is 0 Å². The minimum absolute atomic E-state index is 0.0428. The number of hydrogen-bond acceptors (Lipinski definition) is 1. The Morgan fingerprint density at radius 3 is 2.26 bits per heavy atom. The Kier molecular flexibility index (Phi) is 4.14. The molecule has 0 fully saturated rings. The first kappa shape index (κ1) is 13.9. The molecule has 0 saturated heterocycles. The van der Waals surface area contributed by atoms with Crippen LogP contribution in [0.4, 0.5) is 18.9 Å². The Balaban J connectivity index is 2.28. The lowest BCUT2D eigenvalue weighted by molar-refractivity contribution is 0.544. The number of hydrogen-bond donors (Lipinski definition) is 1. The van der Waals surface area contributed by atoms with Crippen molar-refractivity contribution < 1.29 is 13.2 Å². The van der Waals surface area contributed by atoms with E-state index >= 15 is 0 Å². The Labute approximate surface area is 117 Å². The fourth-order valence-electron chi connectivity index (χ4n) is 1.84. The highest BCUT2D eigenvalue weighted by Crippen LogP contribution is 2.29. The molecule has 0 aromatic heterocycles. The minimum Gasteiger partial charge on any atom is -0.377 e. The van der Waals surface area contributed by atoms with Crippen LogP contribution in [-0.2, 0) is 0 Å². The monoisotopic (exact) mass is 329 g/mol. The third-order valence-corrected chi connectivity index (χ3v) is 3.39. The molecule has 2 aromatic carbocycles. The normalized spacial score (nSPS) is 12.3. The van der Waals surface area contributed by atoms with E-state index in [1.165, 1.54) is 36.4 Å². The lowest BCUT2D eigenvalue weighted by Gasteiger charge is -2.18. The van der Waals surface area contributed by atoms with E-state index in [-0.39, 0.29) is 11.4 Å². The van der Waals surface area contributed by atoms with Gasteiger partial charge >= 0.3 is 0 Å². The summed E-state index contributed by atoms with van der Waals surface area (Å²) in [5.41, 5.74) is 0.523. The number of halogens is 4. The highest BCUT2D eigenvalue weighted by Gasteiger charge is 2.16. The summed E-state index contributed by atoms with van der Waals surface area (Å²) in [6.45, 7) is 1.64. The van der Waals surface area contributed by atoms with Crippen molar-refractivity contribution in [1.82, 2.24) is 0 Å². The first-order chi connectivity index (χ1) is 8.99. The smallest absolute Gasteiger partial charge is 0.131 e. The van der Waals surface area contributed by atoms with Gasteiger partial charge in [-0.2, -0.15) is 0 Å². The summed E-state index contributed by atoms with van der Waals surface area (Å²) < 4.78 is 40.7. The van der Waals surface area contributed by atoms with Crippen molar-refractivity contribution in [2.75, 3.05) is 5.32 Å². The van der Waals surface area contributed by atoms with Crippen molar-refractivity contribution >= 4 is 21.6 Å². The predicted molar refractivity (Wildman–Crippen MR) is 72.5 cm³/mol. The summed E-state index contributed by atoms with van der Waals surface area (Å²) in [5.74, 6) is -1.61. The van der Waals surface area contributed by atoms with Gasteiger partial charge in [-0.15, -0.1) is 0 Å². The van der Waals surface area contributed by atoms with Crippen molar-refractivity contribution in [3.63, 3.8) is 0 Å². The minimum atomic E-state index is -0.613. The molecule has 0 spiro atoms. The molecule has 0 amide bonds. The maximum absolute atomic E-state index is 13.6. The summed E-state index contributed by atoms with van der Waals surface area (Å²) in [7, 11) is 0. The first-order valence-corrected chi connectivity index (χ1v) is 6.44. The maximum atomic E-state index is 13.6. The van der Waals surface area contributed by atoms with Crippen molar-refractivity contribution in [1.29, 1.82) is 0 Å². The average Bonchev–Trinajstić information content (AvgIpc) is 2.32. The summed E-state index contributed by atoms with van der Waals surface area (Å²) in [4.78, 5) is 0. The second-order valence-corrected chi connectivity index (χ2v) is 4.98. The predicted octanol–water partition coefficient (Wildman–Crippen LogP) is 5.04. The molecule has 0 aliphatic carbocycles. The molecule has 5 heteroatoms. The summed E-state index contributed by atoms with van der Waals surface area (Å²) in [6, 6.07) is 7.21. The van der Waals surface area contributed by atoms with Crippen LogP contribution in [0.3, 0.4) is 0 Å². The average molecular weight is 330 g/mol. The van der Waals surface area contributed by atoms with E-state index in [9.17, 15) is 13.2 Å². The molecule has 19 heavy (non-hydrogen) atoms. The Hall–Kier alpha value is -1.49. The Bertz CT molecular complexity index is 581. The Morgan fingerprint density at radius 1 is 1.05 bits per heavy atom. The fraction of sp³-hybridized carbons (Fsp3) is 0.143. The number of benzene rings is 2. The zero-order valence-corrected chi connectivity index (χ0v) is 11.6. The van der Waals surface area contributed by atoms with Crippen molar-refractivity contribution in [3.05, 3.63) is 63.9 Å². The van der Waals surface area contributed by atoms with E-state index in [1.54, 1.807) is 6.92 Å². The van der Waals surface area contributed by atoms with Gasteiger partial charge in [0, 0.05) is 15.7 Å². The zero-order chi connectivity index (χ0) is 14.0. The van der Waals surface area contributed by atoms with Gasteiger partial charge < -0.3 is 5.32 Å². The zero-order valence-electron chi connectivity index (χ0n) is 10.1. The standard InChI is InChI=1S/C14H11BrF3N/c1-8(14-11(17)3-2-4-12(14)18)19-13-6-5-9(16)7-10(13)15/h2-8,19H,1H3. The van der Waals surface area contributed by atoms with Gasteiger partial charge in [-0.25, -0.2) is 13.2 Å². The fourth-order valence-corrected chi connectivity index (χ4v) is 2.30. The molecule has 2 aromatic rings. The van der Waals surface area contributed by atoms with Crippen LogP contribution in [-0.4, -0.2) is 0 Å². The summed E-state index contributed by atoms with van der Waals surface area (Å²) in [5, 5.41) is 2.94. The van der Waals surface area contributed by atoms with Gasteiger partial charge in [-0.3, -0.25) is 0 Å². The van der Waals surface area contributed by atoms with Gasteiger partial charge in [0.2, 0.25) is 0 Å². The van der Waals surface area contributed by atoms with Crippen LogP contribution < -0.4 is 5.32 Å². The summed E-state index contributed by atoms with van der Waals surface area (Å²) >= 11 is 3.20. The topological polar surface area (TPSA) is 12.0 Å². The molecule has 100 valence electrons. The van der Waals surface area contributed by atoms with Crippen LogP contribution in [0.5, 0.6) is 0 Å². The molecule has 0 aliphatic heterocycles. The third kappa shape index (κ3) is 3.10. The quantitative estimate of drug-likeness (QED) is 0.831. The molecule has 0 radical (unpaired) electrons. The largest absolute Gasteiger partial charge is 0.377 e. The lowest BCUT2D eigenvalue weighted by Crippen LogP contribution is -2.11. The van der Waals surface area contributed by atoms with Gasteiger partial charge in [0.15, 0.2) is 0 Å². The van der Waals surface area contributed by atoms with Crippen LogP contribution in [0.2, 0.25) is 0 Å². The van der Waals surface area contributed by atoms with E-state index in [4.69, 9.17) is 0 Å². The van der Waals surface area contributed by atoms with Crippen LogP contribution in [0, 0.1) is 17.5 Å². The SMILES string of the molecule is CC(Nc1ccc(F)cc1Br)c1c(F)cccc1F. The molecule has 1 N–H and O–H groups in total. The molecule has 1 atom stereocenters. The van der Waals surface area contributed by atoms with Crippen LogP contribution in [0.1, 0.15) is 18.5 Å². The van der Waals surface area contributed by atoms with Gasteiger partial charge in [0.05, 0.1) is 6.04 Å².